The summed E-state index contributed by atoms with van der Waals surface area (Å²) in [5.74, 6) is -3.00. The topological polar surface area (TPSA) is 116 Å². The first-order chi connectivity index (χ1) is 10.9. The van der Waals surface area contributed by atoms with Crippen molar-refractivity contribution in [1.29, 1.82) is 0 Å². The number of nitrogens with one attached hydrogen (secondary N) is 1. The van der Waals surface area contributed by atoms with Gasteiger partial charge in [0, 0.05) is 12.1 Å². The average molecular weight is 329 g/mol. The molecule has 0 unspecified atom stereocenters. The molecule has 4 N–H and O–H groups in total. The van der Waals surface area contributed by atoms with Crippen LogP contribution < -0.4 is 5.32 Å². The molecule has 1 aromatic rings. The second kappa shape index (κ2) is 9.19. The first-order valence-corrected chi connectivity index (χ1v) is 7.03. The molecule has 128 valence electrons. The van der Waals surface area contributed by atoms with E-state index in [0.29, 0.717) is 13.2 Å². The Labute approximate surface area is 132 Å². The predicted octanol–water partition coefficient (Wildman–Crippen LogP) is 0.565. The molecule has 1 aliphatic heterocycles. The number of ether oxygens (including phenoxy) is 1. The molecule has 1 aromatic carbocycles. The highest BCUT2D eigenvalue weighted by Gasteiger charge is 2.23. The lowest BCUT2D eigenvalue weighted by Gasteiger charge is -2.26. The first-order valence-electron chi connectivity index (χ1n) is 7.03. The van der Waals surface area contributed by atoms with Crippen molar-refractivity contribution in [3.8, 4) is 0 Å². The standard InChI is InChI=1S/C11H14FNO.C4H6O5/c1-13-7-10-11-8(5-6-14-10)3-2-4-9(11)12;5-2(4(8)9)1-3(6)7/h2-4,10,13H,5-7H2,1H3;2,5H,1H2,(H,6,7)(H,8,9)/t10-;2-/m00/s1. The molecule has 0 amide bonds. The summed E-state index contributed by atoms with van der Waals surface area (Å²) >= 11 is 0. The summed E-state index contributed by atoms with van der Waals surface area (Å²) in [5, 5.41) is 27.2. The van der Waals surface area contributed by atoms with Crippen LogP contribution in [0.5, 0.6) is 0 Å². The summed E-state index contributed by atoms with van der Waals surface area (Å²) in [6.45, 7) is 1.34. The molecule has 0 radical (unpaired) electrons. The molecular formula is C15H20FNO6. The lowest BCUT2D eigenvalue weighted by Crippen LogP contribution is -2.26. The molecule has 8 heteroatoms. The van der Waals surface area contributed by atoms with Crippen LogP contribution in [-0.4, -0.2) is 53.6 Å². The van der Waals surface area contributed by atoms with E-state index >= 15 is 0 Å². The van der Waals surface area contributed by atoms with Crippen molar-refractivity contribution in [2.24, 2.45) is 0 Å². The number of rotatable bonds is 5. The number of fused-ring (bicyclic) bond motifs is 1. The smallest absolute Gasteiger partial charge is 0.333 e. The quantitative estimate of drug-likeness (QED) is 0.624. The van der Waals surface area contributed by atoms with Crippen LogP contribution in [0.1, 0.15) is 23.7 Å². The van der Waals surface area contributed by atoms with Crippen molar-refractivity contribution in [2.75, 3.05) is 20.2 Å². The van der Waals surface area contributed by atoms with Gasteiger partial charge < -0.3 is 25.4 Å². The Kier molecular flexibility index (Phi) is 7.60. The minimum Gasteiger partial charge on any atom is -0.481 e. The monoisotopic (exact) mass is 329 g/mol. The van der Waals surface area contributed by atoms with Crippen molar-refractivity contribution in [3.05, 3.63) is 35.1 Å². The normalized spacial score (nSPS) is 17.4. The number of carboxylic acids is 2. The molecule has 0 spiro atoms. The molecule has 0 aromatic heterocycles. The number of hydrogen-bond donors (Lipinski definition) is 4. The summed E-state index contributed by atoms with van der Waals surface area (Å²) < 4.78 is 19.1. The minimum atomic E-state index is -1.79. The Morgan fingerprint density at radius 3 is 2.65 bits per heavy atom. The van der Waals surface area contributed by atoms with Crippen molar-refractivity contribution in [1.82, 2.24) is 5.32 Å². The summed E-state index contributed by atoms with van der Waals surface area (Å²) in [4.78, 5) is 19.4. The van der Waals surface area contributed by atoms with Crippen molar-refractivity contribution in [3.63, 3.8) is 0 Å². The first kappa shape index (κ1) is 19.0. The molecule has 0 aliphatic carbocycles. The third kappa shape index (κ3) is 5.93. The highest BCUT2D eigenvalue weighted by molar-refractivity contribution is 5.79. The fourth-order valence-corrected chi connectivity index (χ4v) is 2.15. The van der Waals surface area contributed by atoms with Gasteiger partial charge in [-0.05, 0) is 25.1 Å². The molecule has 2 rings (SSSR count). The average Bonchev–Trinajstić information content (AvgIpc) is 2.48. The molecular weight excluding hydrogens is 309 g/mol. The van der Waals surface area contributed by atoms with Crippen molar-refractivity contribution in [2.45, 2.75) is 25.0 Å². The number of halogens is 1. The molecule has 0 saturated carbocycles. The number of aliphatic hydroxyl groups is 1. The van der Waals surface area contributed by atoms with Crippen LogP contribution in [0.2, 0.25) is 0 Å². The van der Waals surface area contributed by atoms with E-state index in [1.165, 1.54) is 6.07 Å². The van der Waals surface area contributed by atoms with Gasteiger partial charge in [0.05, 0.1) is 19.1 Å². The van der Waals surface area contributed by atoms with Crippen LogP contribution in [0.3, 0.4) is 0 Å². The molecule has 1 aliphatic rings. The Bertz CT molecular complexity index is 551. The van der Waals surface area contributed by atoms with E-state index in [9.17, 15) is 14.0 Å². The number of carbonyl (C=O) groups is 2. The van der Waals surface area contributed by atoms with E-state index in [0.717, 1.165) is 17.5 Å². The Balaban J connectivity index is 0.000000257. The maximum absolute atomic E-state index is 13.5. The Morgan fingerprint density at radius 1 is 1.43 bits per heavy atom. The van der Waals surface area contributed by atoms with Gasteiger partial charge in [0.25, 0.3) is 0 Å². The number of aliphatic hydroxyl groups excluding tert-OH is 1. The van der Waals surface area contributed by atoms with Gasteiger partial charge in [-0.25, -0.2) is 9.18 Å². The molecule has 7 nitrogen and oxygen atoms in total. The SMILES string of the molecule is CNC[C@@H]1OCCc2cccc(F)c21.O=C(O)C[C@H](O)C(=O)O. The van der Waals surface area contributed by atoms with Gasteiger partial charge in [0.1, 0.15) is 5.82 Å². The van der Waals surface area contributed by atoms with Gasteiger partial charge in [0.2, 0.25) is 0 Å². The van der Waals surface area contributed by atoms with Crippen LogP contribution in [-0.2, 0) is 20.7 Å². The Hall–Kier alpha value is -2.03. The fraction of sp³-hybridized carbons (Fsp3) is 0.467. The Morgan fingerprint density at radius 2 is 2.13 bits per heavy atom. The van der Waals surface area contributed by atoms with E-state index in [4.69, 9.17) is 20.1 Å². The summed E-state index contributed by atoms with van der Waals surface area (Å²) in [6.07, 6.45) is -1.87. The molecule has 23 heavy (non-hydrogen) atoms. The zero-order valence-electron chi connectivity index (χ0n) is 12.7. The minimum absolute atomic E-state index is 0.134. The third-order valence-corrected chi connectivity index (χ3v) is 3.20. The van der Waals surface area contributed by atoms with E-state index in [1.807, 2.05) is 13.1 Å². The van der Waals surface area contributed by atoms with E-state index in [1.54, 1.807) is 6.07 Å². The van der Waals surface area contributed by atoms with Gasteiger partial charge in [-0.1, -0.05) is 12.1 Å². The zero-order chi connectivity index (χ0) is 17.4. The molecule has 0 bridgehead atoms. The van der Waals surface area contributed by atoms with Gasteiger partial charge >= 0.3 is 11.9 Å². The fourth-order valence-electron chi connectivity index (χ4n) is 2.15. The molecule has 0 fully saturated rings. The summed E-state index contributed by atoms with van der Waals surface area (Å²) in [7, 11) is 1.85. The second-order valence-electron chi connectivity index (χ2n) is 4.93. The molecule has 2 atom stereocenters. The number of carboxylic acid groups (broad SMARTS) is 2. The third-order valence-electron chi connectivity index (χ3n) is 3.20. The van der Waals surface area contributed by atoms with Gasteiger partial charge in [-0.15, -0.1) is 0 Å². The van der Waals surface area contributed by atoms with Crippen LogP contribution in [0.15, 0.2) is 18.2 Å². The highest BCUT2D eigenvalue weighted by atomic mass is 19.1. The molecule has 0 saturated heterocycles. The molecule has 1 heterocycles. The number of hydrogen-bond acceptors (Lipinski definition) is 5. The summed E-state index contributed by atoms with van der Waals surface area (Å²) in [5.41, 5.74) is 1.81. The van der Waals surface area contributed by atoms with Crippen molar-refractivity contribution < 1.29 is 34.0 Å². The lowest BCUT2D eigenvalue weighted by atomic mass is 9.97. The highest BCUT2D eigenvalue weighted by Crippen LogP contribution is 2.28. The van der Waals surface area contributed by atoms with Crippen LogP contribution in [0.25, 0.3) is 0 Å². The van der Waals surface area contributed by atoms with Gasteiger partial charge in [0.15, 0.2) is 6.10 Å². The second-order valence-corrected chi connectivity index (χ2v) is 4.93. The zero-order valence-corrected chi connectivity index (χ0v) is 12.7. The largest absolute Gasteiger partial charge is 0.481 e. The summed E-state index contributed by atoms with van der Waals surface area (Å²) in [6, 6.07) is 5.23. The van der Waals surface area contributed by atoms with Crippen molar-refractivity contribution >= 4 is 11.9 Å². The maximum atomic E-state index is 13.5. The van der Waals surface area contributed by atoms with E-state index < -0.39 is 24.5 Å². The van der Waals surface area contributed by atoms with Crippen LogP contribution in [0.4, 0.5) is 4.39 Å². The van der Waals surface area contributed by atoms with E-state index in [2.05, 4.69) is 5.32 Å². The maximum Gasteiger partial charge on any atom is 0.333 e. The van der Waals surface area contributed by atoms with Gasteiger partial charge in [-0.2, -0.15) is 0 Å². The predicted molar refractivity (Wildman–Crippen MR) is 78.6 cm³/mol. The van der Waals surface area contributed by atoms with E-state index in [-0.39, 0.29) is 11.9 Å². The number of aliphatic carboxylic acids is 2. The van der Waals surface area contributed by atoms with Crippen LogP contribution in [0, 0.1) is 5.82 Å². The number of benzene rings is 1. The number of likely N-dealkylation sites (N-methyl/N-ethyl adjacent to an activating group) is 1. The van der Waals surface area contributed by atoms with Crippen LogP contribution >= 0.6 is 0 Å². The van der Waals surface area contributed by atoms with Gasteiger partial charge in [-0.3, -0.25) is 4.79 Å². The lowest BCUT2D eigenvalue weighted by molar-refractivity contribution is -0.152.